The first-order valence-electron chi connectivity index (χ1n) is 6.72. The summed E-state index contributed by atoms with van der Waals surface area (Å²) in [5.41, 5.74) is 4.82. The predicted octanol–water partition coefficient (Wildman–Crippen LogP) is 2.61. The molecule has 106 valence electrons. The highest BCUT2D eigenvalue weighted by atomic mass is 16.2. The van der Waals surface area contributed by atoms with Crippen molar-refractivity contribution in [2.45, 2.75) is 46.1 Å². The molecule has 1 atom stereocenters. The molecule has 0 heterocycles. The van der Waals surface area contributed by atoms with Crippen LogP contribution in [0.15, 0.2) is 12.1 Å². The van der Waals surface area contributed by atoms with E-state index >= 15 is 0 Å². The molecule has 0 aliphatic heterocycles. The first kappa shape index (κ1) is 15.7. The fourth-order valence-corrected chi connectivity index (χ4v) is 2.41. The summed E-state index contributed by atoms with van der Waals surface area (Å²) in [5.74, 6) is -0.00258. The second-order valence-corrected chi connectivity index (χ2v) is 6.11. The van der Waals surface area contributed by atoms with Gasteiger partial charge in [0, 0.05) is 7.05 Å². The molecular formula is C16H26N2O. The van der Waals surface area contributed by atoms with E-state index in [-0.39, 0.29) is 17.4 Å². The van der Waals surface area contributed by atoms with Crippen LogP contribution in [0.4, 0.5) is 0 Å². The Bertz CT molecular complexity index is 449. The molecule has 3 heteroatoms. The molecule has 0 aromatic heterocycles. The van der Waals surface area contributed by atoms with Gasteiger partial charge in [0.1, 0.15) is 6.04 Å². The lowest BCUT2D eigenvalue weighted by atomic mass is 9.82. The van der Waals surface area contributed by atoms with Gasteiger partial charge < -0.3 is 10.6 Å². The van der Waals surface area contributed by atoms with Crippen LogP contribution in [-0.2, 0) is 10.2 Å². The molecule has 1 amide bonds. The minimum Gasteiger partial charge on any atom is -0.358 e. The number of likely N-dealkylation sites (N-methyl/N-ethyl adjacent to an activating group) is 2. The number of carbonyl (C=O) groups is 1. The van der Waals surface area contributed by atoms with Crippen LogP contribution in [0.3, 0.4) is 0 Å². The molecule has 2 N–H and O–H groups in total. The van der Waals surface area contributed by atoms with Crippen LogP contribution < -0.4 is 10.6 Å². The SMILES string of the molecule is CNC(=O)C(NC)c1c(C)cc(C(C)(C)C)cc1C. The molecular weight excluding hydrogens is 236 g/mol. The summed E-state index contributed by atoms with van der Waals surface area (Å²) < 4.78 is 0. The van der Waals surface area contributed by atoms with Gasteiger partial charge in [-0.1, -0.05) is 32.9 Å². The number of rotatable bonds is 3. The summed E-state index contributed by atoms with van der Waals surface area (Å²) >= 11 is 0. The molecule has 0 saturated heterocycles. The first-order chi connectivity index (χ1) is 8.72. The molecule has 1 aromatic carbocycles. The fraction of sp³-hybridized carbons (Fsp3) is 0.562. The quantitative estimate of drug-likeness (QED) is 0.879. The highest BCUT2D eigenvalue weighted by Crippen LogP contribution is 2.29. The second-order valence-electron chi connectivity index (χ2n) is 6.11. The van der Waals surface area contributed by atoms with Crippen molar-refractivity contribution in [2.24, 2.45) is 0 Å². The normalized spacial score (nSPS) is 13.2. The average molecular weight is 262 g/mol. The van der Waals surface area contributed by atoms with E-state index in [2.05, 4.69) is 57.4 Å². The topological polar surface area (TPSA) is 41.1 Å². The molecule has 0 saturated carbocycles. The number of hydrogen-bond donors (Lipinski definition) is 2. The van der Waals surface area contributed by atoms with E-state index in [1.54, 1.807) is 7.05 Å². The molecule has 1 rings (SSSR count). The van der Waals surface area contributed by atoms with Crippen molar-refractivity contribution in [3.05, 3.63) is 34.4 Å². The number of hydrogen-bond acceptors (Lipinski definition) is 2. The Morgan fingerprint density at radius 3 is 1.89 bits per heavy atom. The zero-order chi connectivity index (χ0) is 14.8. The van der Waals surface area contributed by atoms with Gasteiger partial charge in [-0.2, -0.15) is 0 Å². The standard InChI is InChI=1S/C16H26N2O/c1-10-8-12(16(3,4)5)9-11(2)13(10)14(17-6)15(19)18-7/h8-9,14,17H,1-7H3,(H,18,19). The van der Waals surface area contributed by atoms with Gasteiger partial charge in [0.25, 0.3) is 0 Å². The van der Waals surface area contributed by atoms with Crippen LogP contribution in [0, 0.1) is 13.8 Å². The van der Waals surface area contributed by atoms with E-state index in [4.69, 9.17) is 0 Å². The molecule has 19 heavy (non-hydrogen) atoms. The van der Waals surface area contributed by atoms with Crippen LogP contribution in [0.2, 0.25) is 0 Å². The smallest absolute Gasteiger partial charge is 0.241 e. The van der Waals surface area contributed by atoms with E-state index in [0.717, 1.165) is 16.7 Å². The maximum Gasteiger partial charge on any atom is 0.241 e. The highest BCUT2D eigenvalue weighted by Gasteiger charge is 2.23. The minimum atomic E-state index is -0.293. The van der Waals surface area contributed by atoms with Crippen molar-refractivity contribution in [2.75, 3.05) is 14.1 Å². The zero-order valence-corrected chi connectivity index (χ0v) is 13.1. The van der Waals surface area contributed by atoms with Crippen LogP contribution in [0.1, 0.15) is 49.1 Å². The first-order valence-corrected chi connectivity index (χ1v) is 6.72. The molecule has 0 spiro atoms. The van der Waals surface area contributed by atoms with Gasteiger partial charge in [-0.3, -0.25) is 4.79 Å². The second kappa shape index (κ2) is 5.74. The van der Waals surface area contributed by atoms with Crippen molar-refractivity contribution in [1.82, 2.24) is 10.6 Å². The average Bonchev–Trinajstić information content (AvgIpc) is 2.31. The Morgan fingerprint density at radius 2 is 1.58 bits per heavy atom. The third-order valence-electron chi connectivity index (χ3n) is 3.55. The van der Waals surface area contributed by atoms with Crippen molar-refractivity contribution in [3.8, 4) is 0 Å². The fourth-order valence-electron chi connectivity index (χ4n) is 2.41. The molecule has 0 aliphatic carbocycles. The Balaban J connectivity index is 3.34. The maximum atomic E-state index is 12.0. The molecule has 0 aliphatic rings. The van der Waals surface area contributed by atoms with Gasteiger partial charge in [-0.05, 0) is 48.6 Å². The monoisotopic (exact) mass is 262 g/mol. The summed E-state index contributed by atoms with van der Waals surface area (Å²) in [4.78, 5) is 12.0. The Kier molecular flexibility index (Phi) is 4.75. The minimum absolute atomic E-state index is 0.00258. The van der Waals surface area contributed by atoms with Crippen molar-refractivity contribution >= 4 is 5.91 Å². The third kappa shape index (κ3) is 3.35. The van der Waals surface area contributed by atoms with E-state index in [0.29, 0.717) is 0 Å². The largest absolute Gasteiger partial charge is 0.358 e. The van der Waals surface area contributed by atoms with Crippen molar-refractivity contribution in [1.29, 1.82) is 0 Å². The molecule has 1 aromatic rings. The summed E-state index contributed by atoms with van der Waals surface area (Å²) in [6.07, 6.45) is 0. The van der Waals surface area contributed by atoms with E-state index in [9.17, 15) is 4.79 Å². The third-order valence-corrected chi connectivity index (χ3v) is 3.55. The lowest BCUT2D eigenvalue weighted by molar-refractivity contribution is -0.122. The van der Waals surface area contributed by atoms with E-state index in [1.165, 1.54) is 5.56 Å². The van der Waals surface area contributed by atoms with Gasteiger partial charge in [-0.25, -0.2) is 0 Å². The maximum absolute atomic E-state index is 12.0. The molecule has 0 bridgehead atoms. The van der Waals surface area contributed by atoms with E-state index in [1.807, 2.05) is 7.05 Å². The van der Waals surface area contributed by atoms with Gasteiger partial charge in [0.05, 0.1) is 0 Å². The molecule has 1 unspecified atom stereocenters. The summed E-state index contributed by atoms with van der Waals surface area (Å²) in [7, 11) is 3.48. The van der Waals surface area contributed by atoms with Gasteiger partial charge >= 0.3 is 0 Å². The lowest BCUT2D eigenvalue weighted by Gasteiger charge is -2.25. The lowest BCUT2D eigenvalue weighted by Crippen LogP contribution is -2.34. The Labute approximate surface area is 116 Å². The Morgan fingerprint density at radius 1 is 1.11 bits per heavy atom. The number of benzene rings is 1. The van der Waals surface area contributed by atoms with Crippen LogP contribution in [-0.4, -0.2) is 20.0 Å². The van der Waals surface area contributed by atoms with Crippen LogP contribution >= 0.6 is 0 Å². The van der Waals surface area contributed by atoms with Crippen LogP contribution in [0.25, 0.3) is 0 Å². The number of amides is 1. The number of nitrogens with one attached hydrogen (secondary N) is 2. The molecule has 0 radical (unpaired) electrons. The highest BCUT2D eigenvalue weighted by molar-refractivity contribution is 5.83. The van der Waals surface area contributed by atoms with Crippen molar-refractivity contribution in [3.63, 3.8) is 0 Å². The van der Waals surface area contributed by atoms with Crippen LogP contribution in [0.5, 0.6) is 0 Å². The summed E-state index contributed by atoms with van der Waals surface area (Å²) in [5, 5.41) is 5.81. The number of carbonyl (C=O) groups excluding carboxylic acids is 1. The molecule has 0 fully saturated rings. The van der Waals surface area contributed by atoms with Gasteiger partial charge in [0.15, 0.2) is 0 Å². The summed E-state index contributed by atoms with van der Waals surface area (Å²) in [6, 6.07) is 4.09. The zero-order valence-electron chi connectivity index (χ0n) is 13.1. The molecule has 3 nitrogen and oxygen atoms in total. The summed E-state index contributed by atoms with van der Waals surface area (Å²) in [6.45, 7) is 10.8. The number of aryl methyl sites for hydroxylation is 2. The van der Waals surface area contributed by atoms with Gasteiger partial charge in [0.2, 0.25) is 5.91 Å². The predicted molar refractivity (Wildman–Crippen MR) is 80.5 cm³/mol. The Hall–Kier alpha value is -1.35. The van der Waals surface area contributed by atoms with Crippen molar-refractivity contribution < 1.29 is 4.79 Å². The van der Waals surface area contributed by atoms with E-state index < -0.39 is 0 Å². The van der Waals surface area contributed by atoms with Gasteiger partial charge in [-0.15, -0.1) is 0 Å².